The zero-order valence-electron chi connectivity index (χ0n) is 13.1. The number of methoxy groups -OCH3 is 1. The number of nitrogens with zero attached hydrogens (tertiary/aromatic N) is 1. The van der Waals surface area contributed by atoms with Crippen molar-refractivity contribution < 1.29 is 9.53 Å². The number of pyridine rings is 1. The van der Waals surface area contributed by atoms with E-state index in [0.29, 0.717) is 5.56 Å². The smallest absolute Gasteiger partial charge is 0.253 e. The molecule has 4 nitrogen and oxygen atoms in total. The Labute approximate surface area is 145 Å². The Morgan fingerprint density at radius 3 is 2.39 bits per heavy atom. The second-order valence-electron chi connectivity index (χ2n) is 5.46. The van der Waals surface area contributed by atoms with E-state index in [0.717, 1.165) is 11.3 Å². The van der Waals surface area contributed by atoms with Gasteiger partial charge in [-0.25, -0.2) is 4.98 Å². The monoisotopic (exact) mass is 352 g/mol. The van der Waals surface area contributed by atoms with E-state index in [1.54, 1.807) is 7.11 Å². The molecule has 2 rings (SSSR count). The van der Waals surface area contributed by atoms with Crippen molar-refractivity contribution in [3.05, 3.63) is 57.8 Å². The zero-order valence-corrected chi connectivity index (χ0v) is 14.7. The molecule has 1 amide bonds. The highest BCUT2D eigenvalue weighted by molar-refractivity contribution is 6.41. The van der Waals surface area contributed by atoms with Gasteiger partial charge in [0.1, 0.15) is 10.9 Å². The molecule has 0 aliphatic carbocycles. The lowest BCUT2D eigenvalue weighted by Gasteiger charge is -2.23. The van der Waals surface area contributed by atoms with Crippen molar-refractivity contribution >= 4 is 29.1 Å². The largest absolute Gasteiger partial charge is 0.497 e. The molecule has 0 fully saturated rings. The lowest BCUT2D eigenvalue weighted by atomic mass is 9.95. The summed E-state index contributed by atoms with van der Waals surface area (Å²) in [5.41, 5.74) is 1.38. The molecular weight excluding hydrogens is 335 g/mol. The van der Waals surface area contributed by atoms with E-state index in [1.807, 2.05) is 38.1 Å². The molecule has 0 aliphatic heterocycles. The minimum absolute atomic E-state index is 0.136. The Balaban J connectivity index is 2.21. The fourth-order valence-electron chi connectivity index (χ4n) is 2.22. The summed E-state index contributed by atoms with van der Waals surface area (Å²) in [7, 11) is 1.62. The summed E-state index contributed by atoms with van der Waals surface area (Å²) in [6.07, 6.45) is 1.41. The molecule has 122 valence electrons. The molecule has 0 spiro atoms. The fraction of sp³-hybridized carbons (Fsp3) is 0.294. The van der Waals surface area contributed by atoms with Crippen LogP contribution in [0.15, 0.2) is 36.5 Å². The van der Waals surface area contributed by atoms with Crippen LogP contribution in [0.25, 0.3) is 0 Å². The number of rotatable bonds is 5. The third-order valence-corrected chi connectivity index (χ3v) is 4.17. The SMILES string of the molecule is COc1ccc([C@@H](NC(=O)c2cnc(Cl)c(Cl)c2)C(C)C)cc1. The molecule has 0 aliphatic rings. The first-order chi connectivity index (χ1) is 10.9. The summed E-state index contributed by atoms with van der Waals surface area (Å²) in [5, 5.41) is 3.45. The first-order valence-electron chi connectivity index (χ1n) is 7.18. The van der Waals surface area contributed by atoms with Crippen molar-refractivity contribution in [3.8, 4) is 5.75 Å². The van der Waals surface area contributed by atoms with E-state index >= 15 is 0 Å². The number of hydrogen-bond acceptors (Lipinski definition) is 3. The number of carbonyl (C=O) groups excluding carboxylic acids is 1. The van der Waals surface area contributed by atoms with Crippen LogP contribution in [0, 0.1) is 5.92 Å². The standard InChI is InChI=1S/C17H18Cl2N2O2/c1-10(2)15(11-4-6-13(23-3)7-5-11)21-17(22)12-8-14(18)16(19)20-9-12/h4-10,15H,1-3H3,(H,21,22)/t15-/m0/s1. The maximum Gasteiger partial charge on any atom is 0.253 e. The Morgan fingerprint density at radius 2 is 1.87 bits per heavy atom. The highest BCUT2D eigenvalue weighted by Gasteiger charge is 2.20. The van der Waals surface area contributed by atoms with Gasteiger partial charge in [0.15, 0.2) is 0 Å². The Bertz CT molecular complexity index is 687. The van der Waals surface area contributed by atoms with E-state index in [-0.39, 0.29) is 28.0 Å². The third kappa shape index (κ3) is 4.36. The van der Waals surface area contributed by atoms with Crippen LogP contribution in [-0.2, 0) is 0 Å². The van der Waals surface area contributed by atoms with Gasteiger partial charge in [0.05, 0.1) is 23.7 Å². The second kappa shape index (κ2) is 7.66. The van der Waals surface area contributed by atoms with E-state index < -0.39 is 0 Å². The Kier molecular flexibility index (Phi) is 5.85. The predicted molar refractivity (Wildman–Crippen MR) is 92.3 cm³/mol. The van der Waals surface area contributed by atoms with Crippen LogP contribution in [0.2, 0.25) is 10.2 Å². The van der Waals surface area contributed by atoms with Crippen molar-refractivity contribution in [3.63, 3.8) is 0 Å². The van der Waals surface area contributed by atoms with E-state index in [4.69, 9.17) is 27.9 Å². The van der Waals surface area contributed by atoms with E-state index in [9.17, 15) is 4.79 Å². The summed E-state index contributed by atoms with van der Waals surface area (Å²) < 4.78 is 5.16. The van der Waals surface area contributed by atoms with Crippen molar-refractivity contribution in [1.82, 2.24) is 10.3 Å². The first kappa shape index (κ1) is 17.6. The van der Waals surface area contributed by atoms with Gasteiger partial charge in [-0.2, -0.15) is 0 Å². The molecule has 0 saturated carbocycles. The normalized spacial score (nSPS) is 12.1. The lowest BCUT2D eigenvalue weighted by molar-refractivity contribution is 0.0925. The molecule has 1 aromatic heterocycles. The molecule has 0 radical (unpaired) electrons. The Hall–Kier alpha value is -1.78. The average molecular weight is 353 g/mol. The Morgan fingerprint density at radius 1 is 1.22 bits per heavy atom. The van der Waals surface area contributed by atoms with Crippen LogP contribution in [-0.4, -0.2) is 18.0 Å². The minimum atomic E-state index is -0.245. The molecular formula is C17H18Cl2N2O2. The average Bonchev–Trinajstić information content (AvgIpc) is 2.54. The van der Waals surface area contributed by atoms with Gasteiger partial charge >= 0.3 is 0 Å². The molecule has 0 unspecified atom stereocenters. The fourth-order valence-corrected chi connectivity index (χ4v) is 2.49. The number of benzene rings is 1. The molecule has 1 heterocycles. The van der Waals surface area contributed by atoms with Gasteiger partial charge in [-0.3, -0.25) is 4.79 Å². The number of halogens is 2. The van der Waals surface area contributed by atoms with Gasteiger partial charge in [0.25, 0.3) is 5.91 Å². The summed E-state index contributed by atoms with van der Waals surface area (Å²) in [4.78, 5) is 16.3. The van der Waals surface area contributed by atoms with Crippen molar-refractivity contribution in [2.45, 2.75) is 19.9 Å². The molecule has 0 saturated heterocycles. The molecule has 1 atom stereocenters. The summed E-state index contributed by atoms with van der Waals surface area (Å²) in [6.45, 7) is 4.09. The van der Waals surface area contributed by atoms with Crippen LogP contribution in [0.3, 0.4) is 0 Å². The molecule has 1 N–H and O–H groups in total. The maximum absolute atomic E-state index is 12.4. The second-order valence-corrected chi connectivity index (χ2v) is 6.23. The van der Waals surface area contributed by atoms with Crippen LogP contribution in [0.1, 0.15) is 35.8 Å². The van der Waals surface area contributed by atoms with Gasteiger partial charge < -0.3 is 10.1 Å². The molecule has 1 aromatic carbocycles. The van der Waals surface area contributed by atoms with Crippen LogP contribution < -0.4 is 10.1 Å². The van der Waals surface area contributed by atoms with Gasteiger partial charge in [-0.15, -0.1) is 0 Å². The first-order valence-corrected chi connectivity index (χ1v) is 7.93. The van der Waals surface area contributed by atoms with Crippen LogP contribution in [0.5, 0.6) is 5.75 Å². The van der Waals surface area contributed by atoms with Crippen LogP contribution in [0.4, 0.5) is 0 Å². The number of ether oxygens (including phenoxy) is 1. The van der Waals surface area contributed by atoms with Gasteiger partial charge in [0.2, 0.25) is 0 Å². The maximum atomic E-state index is 12.4. The van der Waals surface area contributed by atoms with Crippen molar-refractivity contribution in [1.29, 1.82) is 0 Å². The number of aromatic nitrogens is 1. The van der Waals surface area contributed by atoms with Crippen molar-refractivity contribution in [2.24, 2.45) is 5.92 Å². The quantitative estimate of drug-likeness (QED) is 0.804. The molecule has 6 heteroatoms. The van der Waals surface area contributed by atoms with Gasteiger partial charge in [0, 0.05) is 6.20 Å². The number of amides is 1. The summed E-state index contributed by atoms with van der Waals surface area (Å²) in [6, 6.07) is 9.00. The van der Waals surface area contributed by atoms with Gasteiger partial charge in [-0.05, 0) is 29.7 Å². The van der Waals surface area contributed by atoms with Crippen molar-refractivity contribution in [2.75, 3.05) is 7.11 Å². The summed E-state index contributed by atoms with van der Waals surface area (Å²) in [5.74, 6) is 0.741. The number of hydrogen-bond donors (Lipinski definition) is 1. The molecule has 23 heavy (non-hydrogen) atoms. The highest BCUT2D eigenvalue weighted by Crippen LogP contribution is 2.25. The predicted octanol–water partition coefficient (Wildman–Crippen LogP) is 4.52. The molecule has 2 aromatic rings. The third-order valence-electron chi connectivity index (χ3n) is 3.49. The number of nitrogens with one attached hydrogen (secondary N) is 1. The highest BCUT2D eigenvalue weighted by atomic mass is 35.5. The van der Waals surface area contributed by atoms with Crippen LogP contribution >= 0.6 is 23.2 Å². The van der Waals surface area contributed by atoms with Gasteiger partial charge in [-0.1, -0.05) is 49.2 Å². The van der Waals surface area contributed by atoms with E-state index in [1.165, 1.54) is 12.3 Å². The van der Waals surface area contributed by atoms with E-state index in [2.05, 4.69) is 10.3 Å². The lowest BCUT2D eigenvalue weighted by Crippen LogP contribution is -2.31. The summed E-state index contributed by atoms with van der Waals surface area (Å²) >= 11 is 11.7. The topological polar surface area (TPSA) is 51.2 Å². The molecule has 0 bridgehead atoms. The zero-order chi connectivity index (χ0) is 17.0. The number of carbonyl (C=O) groups is 1. The minimum Gasteiger partial charge on any atom is -0.497 e.